The van der Waals surface area contributed by atoms with Gasteiger partial charge in [0.05, 0.1) is 13.3 Å². The molecule has 0 atom stereocenters. The van der Waals surface area contributed by atoms with Crippen LogP contribution in [0, 0.1) is 0 Å². The van der Waals surface area contributed by atoms with Crippen LogP contribution in [0.3, 0.4) is 0 Å². The Morgan fingerprint density at radius 3 is 2.52 bits per heavy atom. The number of unbranched alkanes of at least 4 members (excludes halogenated alkanes) is 1. The molecule has 0 unspecified atom stereocenters. The van der Waals surface area contributed by atoms with Crippen molar-refractivity contribution >= 4 is 29.6 Å². The summed E-state index contributed by atoms with van der Waals surface area (Å²) in [6.45, 7) is 2.23. The average molecular weight is 426 g/mol. The molecule has 0 bridgehead atoms. The number of amides is 3. The number of hydrazone groups is 1. The van der Waals surface area contributed by atoms with Crippen LogP contribution in [0.1, 0.15) is 25.3 Å². The van der Waals surface area contributed by atoms with E-state index in [-0.39, 0.29) is 12.5 Å². The van der Waals surface area contributed by atoms with E-state index in [1.165, 1.54) is 13.3 Å². The Labute approximate surface area is 180 Å². The summed E-state index contributed by atoms with van der Waals surface area (Å²) in [6.07, 6.45) is 3.08. The minimum atomic E-state index is -0.844. The van der Waals surface area contributed by atoms with Crippen molar-refractivity contribution in [2.75, 3.05) is 25.6 Å². The normalized spacial score (nSPS) is 10.4. The van der Waals surface area contributed by atoms with Gasteiger partial charge in [0.2, 0.25) is 0 Å². The van der Waals surface area contributed by atoms with Crippen molar-refractivity contribution in [3.63, 3.8) is 0 Å². The molecule has 164 valence electrons. The molecule has 0 aromatic heterocycles. The molecule has 0 aliphatic heterocycles. The van der Waals surface area contributed by atoms with Crippen LogP contribution in [-0.4, -0.2) is 44.2 Å². The summed E-state index contributed by atoms with van der Waals surface area (Å²) < 4.78 is 10.8. The maximum Gasteiger partial charge on any atom is 0.329 e. The molecule has 0 saturated carbocycles. The molecular weight excluding hydrogens is 400 g/mol. The summed E-state index contributed by atoms with van der Waals surface area (Å²) in [5.74, 6) is -1.12. The molecule has 31 heavy (non-hydrogen) atoms. The molecule has 3 amide bonds. The van der Waals surface area contributed by atoms with Gasteiger partial charge in [0.25, 0.3) is 5.91 Å². The Hall–Kier alpha value is -3.88. The van der Waals surface area contributed by atoms with E-state index >= 15 is 0 Å². The predicted octanol–water partition coefficient (Wildman–Crippen LogP) is 2.08. The largest absolute Gasteiger partial charge is 0.493 e. The zero-order valence-corrected chi connectivity index (χ0v) is 17.5. The third-order valence-electron chi connectivity index (χ3n) is 4.01. The van der Waals surface area contributed by atoms with Crippen LogP contribution in [-0.2, 0) is 14.4 Å². The first-order valence-corrected chi connectivity index (χ1v) is 9.80. The molecule has 0 aliphatic carbocycles. The van der Waals surface area contributed by atoms with E-state index < -0.39 is 11.8 Å². The van der Waals surface area contributed by atoms with Crippen LogP contribution >= 0.6 is 0 Å². The molecule has 0 fully saturated rings. The van der Waals surface area contributed by atoms with E-state index in [1.807, 2.05) is 25.1 Å². The molecule has 3 N–H and O–H groups in total. The summed E-state index contributed by atoms with van der Waals surface area (Å²) in [4.78, 5) is 35.3. The smallest absolute Gasteiger partial charge is 0.329 e. The van der Waals surface area contributed by atoms with Crippen molar-refractivity contribution in [1.29, 1.82) is 0 Å². The Morgan fingerprint density at radius 1 is 1.03 bits per heavy atom. The highest BCUT2D eigenvalue weighted by Crippen LogP contribution is 2.27. The Balaban J connectivity index is 1.87. The summed E-state index contributed by atoms with van der Waals surface area (Å²) in [5, 5.41) is 9.00. The molecule has 9 heteroatoms. The van der Waals surface area contributed by atoms with Gasteiger partial charge in [0.15, 0.2) is 18.1 Å². The highest BCUT2D eigenvalue weighted by molar-refractivity contribution is 6.35. The van der Waals surface area contributed by atoms with Crippen LogP contribution in [0.25, 0.3) is 0 Å². The predicted molar refractivity (Wildman–Crippen MR) is 117 cm³/mol. The quantitative estimate of drug-likeness (QED) is 0.233. The van der Waals surface area contributed by atoms with Gasteiger partial charge in [-0.25, -0.2) is 5.43 Å². The first-order valence-electron chi connectivity index (χ1n) is 9.80. The van der Waals surface area contributed by atoms with E-state index in [2.05, 4.69) is 21.2 Å². The standard InChI is InChI=1S/C22H26N4O5/c1-3-4-12-23-21(28)22(29)26-24-14-16-10-11-18(19(13-16)30-2)31-15-20(27)25-17-8-6-5-7-9-17/h5-11,13-14H,3-4,12,15H2,1-2H3,(H,23,28)(H,25,27)(H,26,29)/b24-14-. The van der Waals surface area contributed by atoms with Gasteiger partial charge in [-0.1, -0.05) is 31.5 Å². The van der Waals surface area contributed by atoms with Crippen molar-refractivity contribution in [2.24, 2.45) is 5.10 Å². The summed E-state index contributed by atoms with van der Waals surface area (Å²) >= 11 is 0. The molecule has 9 nitrogen and oxygen atoms in total. The topological polar surface area (TPSA) is 118 Å². The maximum absolute atomic E-state index is 12.0. The third-order valence-corrected chi connectivity index (χ3v) is 4.01. The lowest BCUT2D eigenvalue weighted by Crippen LogP contribution is -2.38. The highest BCUT2D eigenvalue weighted by Gasteiger charge is 2.11. The van der Waals surface area contributed by atoms with Crippen molar-refractivity contribution in [2.45, 2.75) is 19.8 Å². The zero-order valence-electron chi connectivity index (χ0n) is 17.5. The van der Waals surface area contributed by atoms with E-state index in [9.17, 15) is 14.4 Å². The van der Waals surface area contributed by atoms with Gasteiger partial charge < -0.3 is 20.1 Å². The summed E-state index contributed by atoms with van der Waals surface area (Å²) in [6, 6.07) is 14.0. The first-order chi connectivity index (χ1) is 15.0. The van der Waals surface area contributed by atoms with Gasteiger partial charge in [-0.3, -0.25) is 14.4 Å². The number of carbonyl (C=O) groups excluding carboxylic acids is 3. The van der Waals surface area contributed by atoms with Gasteiger partial charge in [0, 0.05) is 12.2 Å². The Bertz CT molecular complexity index is 915. The molecule has 2 aromatic rings. The third kappa shape index (κ3) is 8.17. The molecule has 0 heterocycles. The van der Waals surface area contributed by atoms with Crippen LogP contribution in [0.2, 0.25) is 0 Å². The first kappa shape index (κ1) is 23.4. The van der Waals surface area contributed by atoms with E-state index in [4.69, 9.17) is 9.47 Å². The lowest BCUT2D eigenvalue weighted by atomic mass is 10.2. The molecule has 0 spiro atoms. The number of hydrogen-bond acceptors (Lipinski definition) is 6. The minimum absolute atomic E-state index is 0.193. The summed E-state index contributed by atoms with van der Waals surface area (Å²) in [7, 11) is 1.47. The highest BCUT2D eigenvalue weighted by atomic mass is 16.5. The molecule has 0 saturated heterocycles. The number of para-hydroxylation sites is 1. The lowest BCUT2D eigenvalue weighted by molar-refractivity contribution is -0.139. The van der Waals surface area contributed by atoms with E-state index in [0.29, 0.717) is 29.3 Å². The number of nitrogens with one attached hydrogen (secondary N) is 3. The van der Waals surface area contributed by atoms with Crippen LogP contribution in [0.15, 0.2) is 53.6 Å². The number of anilines is 1. The monoisotopic (exact) mass is 426 g/mol. The van der Waals surface area contributed by atoms with E-state index in [0.717, 1.165) is 12.8 Å². The fourth-order valence-corrected chi connectivity index (χ4v) is 2.42. The number of carbonyl (C=O) groups is 3. The van der Waals surface area contributed by atoms with Crippen LogP contribution < -0.4 is 25.5 Å². The number of nitrogens with zero attached hydrogens (tertiary/aromatic N) is 1. The molecule has 0 radical (unpaired) electrons. The van der Waals surface area contributed by atoms with Crippen molar-refractivity contribution < 1.29 is 23.9 Å². The molecule has 0 aliphatic rings. The van der Waals surface area contributed by atoms with Crippen LogP contribution in [0.4, 0.5) is 5.69 Å². The van der Waals surface area contributed by atoms with E-state index in [1.54, 1.807) is 30.3 Å². The molecule has 2 aromatic carbocycles. The molecular formula is C22H26N4O5. The van der Waals surface area contributed by atoms with Crippen LogP contribution in [0.5, 0.6) is 11.5 Å². The summed E-state index contributed by atoms with van der Waals surface area (Å²) in [5.41, 5.74) is 3.44. The average Bonchev–Trinajstić information content (AvgIpc) is 2.78. The number of benzene rings is 2. The van der Waals surface area contributed by atoms with Gasteiger partial charge in [-0.15, -0.1) is 0 Å². The Morgan fingerprint density at radius 2 is 1.81 bits per heavy atom. The number of ether oxygens (including phenoxy) is 2. The second-order valence-corrected chi connectivity index (χ2v) is 6.42. The maximum atomic E-state index is 12.0. The molecule has 2 rings (SSSR count). The van der Waals surface area contributed by atoms with Gasteiger partial charge >= 0.3 is 11.8 Å². The fraction of sp³-hybridized carbons (Fsp3) is 0.273. The number of hydrogen-bond donors (Lipinski definition) is 3. The minimum Gasteiger partial charge on any atom is -0.493 e. The van der Waals surface area contributed by atoms with Gasteiger partial charge in [0.1, 0.15) is 0 Å². The lowest BCUT2D eigenvalue weighted by Gasteiger charge is -2.11. The second kappa shape index (κ2) is 12.6. The van der Waals surface area contributed by atoms with Crippen molar-refractivity contribution in [3.05, 3.63) is 54.1 Å². The Kier molecular flexibility index (Phi) is 9.54. The van der Waals surface area contributed by atoms with Crippen molar-refractivity contribution in [1.82, 2.24) is 10.7 Å². The van der Waals surface area contributed by atoms with Gasteiger partial charge in [-0.2, -0.15) is 5.10 Å². The number of rotatable bonds is 10. The van der Waals surface area contributed by atoms with Crippen molar-refractivity contribution in [3.8, 4) is 11.5 Å². The van der Waals surface area contributed by atoms with Gasteiger partial charge in [-0.05, 0) is 42.3 Å². The number of methoxy groups -OCH3 is 1. The SMILES string of the molecule is CCCCNC(=O)C(=O)N/N=C\c1ccc(OCC(=O)Nc2ccccc2)c(OC)c1. The zero-order chi connectivity index (χ0) is 22.5. The second-order valence-electron chi connectivity index (χ2n) is 6.42. The fourth-order valence-electron chi connectivity index (χ4n) is 2.42.